The summed E-state index contributed by atoms with van der Waals surface area (Å²) in [5.41, 5.74) is 1.95. The minimum Gasteiger partial charge on any atom is -0.486 e. The molecule has 4 rings (SSSR count). The van der Waals surface area contributed by atoms with Crippen molar-refractivity contribution in [3.05, 3.63) is 90.0 Å². The number of carbonyl (C=O) groups is 2. The predicted octanol–water partition coefficient (Wildman–Crippen LogP) is 3.92. The Morgan fingerprint density at radius 1 is 0.867 bits per heavy atom. The van der Waals surface area contributed by atoms with Gasteiger partial charge in [0.1, 0.15) is 13.2 Å². The van der Waals surface area contributed by atoms with Gasteiger partial charge in [0, 0.05) is 11.3 Å². The third kappa shape index (κ3) is 4.78. The van der Waals surface area contributed by atoms with Crippen LogP contribution in [-0.4, -0.2) is 25.1 Å². The van der Waals surface area contributed by atoms with Crippen LogP contribution in [0.5, 0.6) is 11.5 Å². The van der Waals surface area contributed by atoms with Gasteiger partial charge in [-0.3, -0.25) is 9.59 Å². The van der Waals surface area contributed by atoms with Crippen LogP contribution in [0, 0.1) is 0 Å². The van der Waals surface area contributed by atoms with Gasteiger partial charge in [-0.2, -0.15) is 0 Å². The Morgan fingerprint density at radius 2 is 1.53 bits per heavy atom. The molecule has 0 bridgehead atoms. The standard InChI is InChI=1S/C24H21NO5/c26-22(16-17-11-12-20-21(15-17)29-14-13-28-20)30-23(18-7-3-1-4-8-18)24(27)25-19-9-5-2-6-10-19/h1-12,15,23H,13-14,16H2,(H,25,27)/t23-/m1/s1. The highest BCUT2D eigenvalue weighted by Gasteiger charge is 2.25. The van der Waals surface area contributed by atoms with Crippen molar-refractivity contribution in [3.8, 4) is 11.5 Å². The average molecular weight is 403 g/mol. The molecule has 0 saturated heterocycles. The van der Waals surface area contributed by atoms with Gasteiger partial charge in [0.25, 0.3) is 5.91 Å². The van der Waals surface area contributed by atoms with E-state index in [9.17, 15) is 9.59 Å². The summed E-state index contributed by atoms with van der Waals surface area (Å²) in [4.78, 5) is 25.5. The van der Waals surface area contributed by atoms with Crippen LogP contribution < -0.4 is 14.8 Å². The molecule has 3 aromatic rings. The summed E-state index contributed by atoms with van der Waals surface area (Å²) in [5, 5.41) is 2.80. The highest BCUT2D eigenvalue weighted by molar-refractivity contribution is 5.96. The van der Waals surface area contributed by atoms with Crippen molar-refractivity contribution < 1.29 is 23.8 Å². The SMILES string of the molecule is O=C(Cc1ccc2c(c1)OCCO2)O[C@@H](C(=O)Nc1ccccc1)c1ccccc1. The monoisotopic (exact) mass is 403 g/mol. The van der Waals surface area contributed by atoms with Crippen LogP contribution >= 0.6 is 0 Å². The lowest BCUT2D eigenvalue weighted by molar-refractivity contribution is -0.154. The molecular weight excluding hydrogens is 382 g/mol. The number of benzene rings is 3. The van der Waals surface area contributed by atoms with Crippen LogP contribution in [0.4, 0.5) is 5.69 Å². The molecule has 0 saturated carbocycles. The first-order chi connectivity index (χ1) is 14.7. The van der Waals surface area contributed by atoms with Crippen LogP contribution in [0.3, 0.4) is 0 Å². The third-order valence-electron chi connectivity index (χ3n) is 4.59. The highest BCUT2D eigenvalue weighted by Crippen LogP contribution is 2.31. The van der Waals surface area contributed by atoms with Gasteiger partial charge in [0.15, 0.2) is 11.5 Å². The van der Waals surface area contributed by atoms with E-state index in [-0.39, 0.29) is 6.42 Å². The Kier molecular flexibility index (Phi) is 5.94. The maximum Gasteiger partial charge on any atom is 0.311 e. The Balaban J connectivity index is 1.48. The summed E-state index contributed by atoms with van der Waals surface area (Å²) in [6.45, 7) is 0.973. The molecule has 30 heavy (non-hydrogen) atoms. The number of fused-ring (bicyclic) bond motifs is 1. The van der Waals surface area contributed by atoms with E-state index < -0.39 is 18.0 Å². The van der Waals surface area contributed by atoms with Crippen molar-refractivity contribution >= 4 is 17.6 Å². The molecule has 0 aromatic heterocycles. The number of hydrogen-bond donors (Lipinski definition) is 1. The van der Waals surface area contributed by atoms with E-state index in [4.69, 9.17) is 14.2 Å². The quantitative estimate of drug-likeness (QED) is 0.632. The molecule has 6 heteroatoms. The van der Waals surface area contributed by atoms with E-state index >= 15 is 0 Å². The van der Waals surface area contributed by atoms with Crippen molar-refractivity contribution in [2.24, 2.45) is 0 Å². The number of rotatable bonds is 6. The highest BCUT2D eigenvalue weighted by atomic mass is 16.6. The Hall–Kier alpha value is -3.80. The van der Waals surface area contributed by atoms with Crippen LogP contribution in [0.2, 0.25) is 0 Å². The molecule has 1 N–H and O–H groups in total. The lowest BCUT2D eigenvalue weighted by Gasteiger charge is -2.20. The van der Waals surface area contributed by atoms with E-state index in [2.05, 4.69) is 5.32 Å². The molecule has 1 aliphatic heterocycles. The molecule has 0 aliphatic carbocycles. The first-order valence-electron chi connectivity index (χ1n) is 9.68. The van der Waals surface area contributed by atoms with Crippen molar-refractivity contribution in [1.29, 1.82) is 0 Å². The number of carbonyl (C=O) groups excluding carboxylic acids is 2. The second kappa shape index (κ2) is 9.13. The summed E-state index contributed by atoms with van der Waals surface area (Å²) < 4.78 is 16.7. The Morgan fingerprint density at radius 3 is 2.27 bits per heavy atom. The summed E-state index contributed by atoms with van der Waals surface area (Å²) in [5.74, 6) is 0.336. The second-order valence-electron chi connectivity index (χ2n) is 6.79. The number of para-hydroxylation sites is 1. The molecule has 0 radical (unpaired) electrons. The molecule has 1 heterocycles. The van der Waals surface area contributed by atoms with Gasteiger partial charge in [-0.25, -0.2) is 0 Å². The van der Waals surface area contributed by atoms with Crippen molar-refractivity contribution in [3.63, 3.8) is 0 Å². The Labute approximate surface area is 174 Å². The van der Waals surface area contributed by atoms with E-state index in [1.54, 1.807) is 54.6 Å². The summed E-state index contributed by atoms with van der Waals surface area (Å²) in [7, 11) is 0. The van der Waals surface area contributed by atoms with Gasteiger partial charge >= 0.3 is 5.97 Å². The molecule has 1 atom stereocenters. The van der Waals surface area contributed by atoms with Crippen LogP contribution in [0.25, 0.3) is 0 Å². The number of esters is 1. The largest absolute Gasteiger partial charge is 0.486 e. The van der Waals surface area contributed by atoms with Gasteiger partial charge in [-0.15, -0.1) is 0 Å². The van der Waals surface area contributed by atoms with E-state index in [0.717, 1.165) is 5.56 Å². The first-order valence-corrected chi connectivity index (χ1v) is 9.68. The van der Waals surface area contributed by atoms with Crippen LogP contribution in [0.1, 0.15) is 17.2 Å². The maximum absolute atomic E-state index is 12.9. The topological polar surface area (TPSA) is 73.9 Å². The zero-order chi connectivity index (χ0) is 20.8. The lowest BCUT2D eigenvalue weighted by Crippen LogP contribution is -2.26. The van der Waals surface area contributed by atoms with Crippen molar-refractivity contribution in [1.82, 2.24) is 0 Å². The Bertz CT molecular complexity index is 1020. The van der Waals surface area contributed by atoms with Gasteiger partial charge in [-0.1, -0.05) is 54.6 Å². The minimum absolute atomic E-state index is 0.0125. The molecule has 6 nitrogen and oxygen atoms in total. The smallest absolute Gasteiger partial charge is 0.311 e. The second-order valence-corrected chi connectivity index (χ2v) is 6.79. The zero-order valence-corrected chi connectivity index (χ0v) is 16.2. The predicted molar refractivity (Wildman–Crippen MR) is 111 cm³/mol. The fraction of sp³-hybridized carbons (Fsp3) is 0.167. The maximum atomic E-state index is 12.9. The molecule has 0 fully saturated rings. The summed E-state index contributed by atoms with van der Waals surface area (Å²) in [6.07, 6.45) is -1.05. The molecular formula is C24H21NO5. The number of ether oxygens (including phenoxy) is 3. The number of amides is 1. The molecule has 3 aromatic carbocycles. The third-order valence-corrected chi connectivity index (χ3v) is 4.59. The normalized spacial score (nSPS) is 13.2. The molecule has 1 amide bonds. The van der Waals surface area contributed by atoms with Gasteiger partial charge in [-0.05, 0) is 29.8 Å². The molecule has 0 spiro atoms. The summed E-state index contributed by atoms with van der Waals surface area (Å²) in [6, 6.07) is 23.3. The number of nitrogens with one attached hydrogen (secondary N) is 1. The minimum atomic E-state index is -1.06. The van der Waals surface area contributed by atoms with Crippen LogP contribution in [-0.2, 0) is 20.7 Å². The van der Waals surface area contributed by atoms with Gasteiger partial charge < -0.3 is 19.5 Å². The van der Waals surface area contributed by atoms with E-state index in [0.29, 0.717) is 36.0 Å². The molecule has 1 aliphatic rings. The van der Waals surface area contributed by atoms with Gasteiger partial charge in [0.2, 0.25) is 6.10 Å². The fourth-order valence-electron chi connectivity index (χ4n) is 3.17. The molecule has 152 valence electrons. The van der Waals surface area contributed by atoms with Crippen molar-refractivity contribution in [2.75, 3.05) is 18.5 Å². The number of hydrogen-bond acceptors (Lipinski definition) is 5. The first kappa shape index (κ1) is 19.5. The number of anilines is 1. The fourth-order valence-corrected chi connectivity index (χ4v) is 3.17. The van der Waals surface area contributed by atoms with Gasteiger partial charge in [0.05, 0.1) is 6.42 Å². The van der Waals surface area contributed by atoms with E-state index in [1.165, 1.54) is 0 Å². The average Bonchev–Trinajstić information content (AvgIpc) is 2.78. The van der Waals surface area contributed by atoms with Crippen LogP contribution in [0.15, 0.2) is 78.9 Å². The summed E-state index contributed by atoms with van der Waals surface area (Å²) >= 11 is 0. The van der Waals surface area contributed by atoms with Crippen molar-refractivity contribution in [2.45, 2.75) is 12.5 Å². The lowest BCUT2D eigenvalue weighted by atomic mass is 10.1. The molecule has 0 unspecified atom stereocenters. The van der Waals surface area contributed by atoms with E-state index in [1.807, 2.05) is 24.3 Å². The zero-order valence-electron chi connectivity index (χ0n) is 16.2.